The summed E-state index contributed by atoms with van der Waals surface area (Å²) in [6.45, 7) is 3.98. The fraction of sp³-hybridized carbons (Fsp3) is 0.375. The van der Waals surface area contributed by atoms with Gasteiger partial charge in [0.25, 0.3) is 11.8 Å². The number of hydrogen-bond donors (Lipinski definition) is 1. The van der Waals surface area contributed by atoms with Gasteiger partial charge >= 0.3 is 0 Å². The summed E-state index contributed by atoms with van der Waals surface area (Å²) < 4.78 is 4.33. The molecule has 1 aromatic rings. The molecule has 1 aliphatic rings. The van der Waals surface area contributed by atoms with Crippen LogP contribution in [0, 0.1) is 0 Å². The van der Waals surface area contributed by atoms with Crippen LogP contribution in [0.15, 0.2) is 41.6 Å². The number of allylic oxidation sites excluding steroid dienone is 1. The number of methoxy groups -OCH3 is 1. The van der Waals surface area contributed by atoms with Crippen molar-refractivity contribution in [1.29, 1.82) is 0 Å². The van der Waals surface area contributed by atoms with Crippen LogP contribution < -0.4 is 5.32 Å². The Hall–Kier alpha value is -1.18. The number of hydrogen-bond acceptors (Lipinski definition) is 3. The summed E-state index contributed by atoms with van der Waals surface area (Å²) in [6.07, 6.45) is -0.595. The molecule has 1 fully saturated rings. The van der Waals surface area contributed by atoms with Crippen LogP contribution in [0.2, 0.25) is 0 Å². The Morgan fingerprint density at radius 2 is 1.91 bits per heavy atom. The number of β-lactam (4-membered cyclic amide) rings is 1. The number of halogens is 2. The lowest BCUT2D eigenvalue weighted by Crippen LogP contribution is -2.69. The Kier molecular flexibility index (Phi) is 5.65. The first kappa shape index (κ1) is 18.2. The van der Waals surface area contributed by atoms with Crippen molar-refractivity contribution in [2.24, 2.45) is 0 Å². The third-order valence-electron chi connectivity index (χ3n) is 3.50. The molecule has 124 valence electrons. The molecule has 0 saturated carbocycles. The van der Waals surface area contributed by atoms with E-state index in [1.54, 1.807) is 13.8 Å². The molecule has 23 heavy (non-hydrogen) atoms. The van der Waals surface area contributed by atoms with Crippen molar-refractivity contribution in [3.05, 3.63) is 47.2 Å². The smallest absolute Gasteiger partial charge is 0.268 e. The zero-order valence-corrected chi connectivity index (χ0v) is 16.3. The molecule has 5 nitrogen and oxygen atoms in total. The molecular formula is C16H18Br2N2O3. The minimum Gasteiger partial charge on any atom is -0.358 e. The van der Waals surface area contributed by atoms with Crippen LogP contribution >= 0.6 is 31.9 Å². The van der Waals surface area contributed by atoms with E-state index in [2.05, 4.69) is 37.2 Å². The number of alkyl halides is 2. The molecule has 1 N–H and O–H groups in total. The number of likely N-dealkylation sites (tertiary alicyclic amines) is 1. The Labute approximate surface area is 152 Å². The lowest BCUT2D eigenvalue weighted by molar-refractivity contribution is -0.165. The monoisotopic (exact) mass is 444 g/mol. The van der Waals surface area contributed by atoms with Gasteiger partial charge in [-0.15, -0.1) is 0 Å². The summed E-state index contributed by atoms with van der Waals surface area (Å²) in [4.78, 5) is 26.2. The van der Waals surface area contributed by atoms with Crippen molar-refractivity contribution in [3.8, 4) is 0 Å². The van der Waals surface area contributed by atoms with Gasteiger partial charge < -0.3 is 10.1 Å². The van der Waals surface area contributed by atoms with Crippen molar-refractivity contribution in [2.75, 3.05) is 7.11 Å². The first-order valence-electron chi connectivity index (χ1n) is 7.04. The number of benzene rings is 1. The molecule has 0 aliphatic carbocycles. The normalized spacial score (nSPS) is 19.1. The summed E-state index contributed by atoms with van der Waals surface area (Å²) in [7, 11) is 1.49. The van der Waals surface area contributed by atoms with Gasteiger partial charge in [-0.1, -0.05) is 62.2 Å². The molecule has 0 bridgehead atoms. The lowest BCUT2D eigenvalue weighted by atomic mass is 10.1. The zero-order chi connectivity index (χ0) is 17.2. The average Bonchev–Trinajstić information content (AvgIpc) is 2.52. The van der Waals surface area contributed by atoms with Gasteiger partial charge in [0.2, 0.25) is 3.23 Å². The van der Waals surface area contributed by atoms with Crippen molar-refractivity contribution in [3.63, 3.8) is 0 Å². The summed E-state index contributed by atoms with van der Waals surface area (Å²) in [5.41, 5.74) is 2.04. The third kappa shape index (κ3) is 3.51. The van der Waals surface area contributed by atoms with E-state index in [0.717, 1.165) is 11.1 Å². The minimum absolute atomic E-state index is 0.268. The highest BCUT2D eigenvalue weighted by Gasteiger charge is 2.61. The van der Waals surface area contributed by atoms with Gasteiger partial charge in [0, 0.05) is 13.7 Å². The molecule has 1 saturated heterocycles. The van der Waals surface area contributed by atoms with Crippen LogP contribution in [0.1, 0.15) is 19.4 Å². The standard InChI is InChI=1S/C16H18Br2N2O3/c1-10(2)12(20-14(22)16(17,18)15(20)23-3)13(21)19-9-11-7-5-4-6-8-11/h4-8,15H,9H2,1-3H3,(H,19,21). The fourth-order valence-corrected chi connectivity index (χ4v) is 3.55. The lowest BCUT2D eigenvalue weighted by Gasteiger charge is -2.49. The fourth-order valence-electron chi connectivity index (χ4n) is 2.38. The molecule has 0 spiro atoms. The largest absolute Gasteiger partial charge is 0.358 e. The molecule has 1 heterocycles. The molecule has 0 radical (unpaired) electrons. The molecule has 0 aromatic heterocycles. The van der Waals surface area contributed by atoms with Gasteiger partial charge in [0.1, 0.15) is 5.70 Å². The van der Waals surface area contributed by atoms with E-state index in [1.165, 1.54) is 12.0 Å². The molecule has 1 aliphatic heterocycles. The predicted octanol–water partition coefficient (Wildman–Crippen LogP) is 2.90. The van der Waals surface area contributed by atoms with E-state index in [0.29, 0.717) is 12.2 Å². The maximum Gasteiger partial charge on any atom is 0.268 e. The first-order chi connectivity index (χ1) is 10.8. The van der Waals surface area contributed by atoms with Gasteiger partial charge in [-0.25, -0.2) is 0 Å². The number of nitrogens with one attached hydrogen (secondary N) is 1. The van der Waals surface area contributed by atoms with E-state index < -0.39 is 9.46 Å². The number of carbonyl (C=O) groups is 2. The second-order valence-corrected chi connectivity index (χ2v) is 8.97. The second kappa shape index (κ2) is 7.15. The Balaban J connectivity index is 2.15. The number of amides is 2. The third-order valence-corrected chi connectivity index (χ3v) is 4.96. The molecule has 1 unspecified atom stereocenters. The number of ether oxygens (including phenoxy) is 1. The van der Waals surface area contributed by atoms with E-state index in [9.17, 15) is 9.59 Å². The highest BCUT2D eigenvalue weighted by molar-refractivity contribution is 9.26. The second-order valence-electron chi connectivity index (χ2n) is 5.40. The van der Waals surface area contributed by atoms with Crippen molar-refractivity contribution < 1.29 is 14.3 Å². The van der Waals surface area contributed by atoms with Crippen LogP contribution in [0.5, 0.6) is 0 Å². The Bertz CT molecular complexity index is 640. The van der Waals surface area contributed by atoms with Gasteiger partial charge in [-0.05, 0) is 25.0 Å². The Morgan fingerprint density at radius 3 is 2.43 bits per heavy atom. The van der Waals surface area contributed by atoms with Gasteiger partial charge in [-0.3, -0.25) is 14.5 Å². The molecule has 2 rings (SSSR count). The maximum absolute atomic E-state index is 12.6. The van der Waals surface area contributed by atoms with Crippen molar-refractivity contribution in [1.82, 2.24) is 10.2 Å². The average molecular weight is 446 g/mol. The highest BCUT2D eigenvalue weighted by atomic mass is 79.9. The molecule has 7 heteroatoms. The van der Waals surface area contributed by atoms with Crippen LogP contribution in [-0.2, 0) is 20.9 Å². The van der Waals surface area contributed by atoms with Crippen LogP contribution in [0.4, 0.5) is 0 Å². The quantitative estimate of drug-likeness (QED) is 0.430. The minimum atomic E-state index is -0.991. The van der Waals surface area contributed by atoms with Crippen LogP contribution in [-0.4, -0.2) is 33.3 Å². The highest BCUT2D eigenvalue weighted by Crippen LogP contribution is 2.46. The topological polar surface area (TPSA) is 58.6 Å². The van der Waals surface area contributed by atoms with E-state index in [1.807, 2.05) is 30.3 Å². The predicted molar refractivity (Wildman–Crippen MR) is 94.9 cm³/mol. The van der Waals surface area contributed by atoms with E-state index in [-0.39, 0.29) is 11.8 Å². The van der Waals surface area contributed by atoms with Gasteiger partial charge in [0.05, 0.1) is 0 Å². The summed E-state index contributed by atoms with van der Waals surface area (Å²) in [5, 5.41) is 2.85. The van der Waals surface area contributed by atoms with Crippen LogP contribution in [0.3, 0.4) is 0 Å². The number of carbonyl (C=O) groups excluding carboxylic acids is 2. The van der Waals surface area contributed by atoms with Crippen molar-refractivity contribution in [2.45, 2.75) is 29.9 Å². The first-order valence-corrected chi connectivity index (χ1v) is 8.63. The van der Waals surface area contributed by atoms with Crippen LogP contribution in [0.25, 0.3) is 0 Å². The van der Waals surface area contributed by atoms with Gasteiger partial charge in [-0.2, -0.15) is 0 Å². The molecular weight excluding hydrogens is 428 g/mol. The molecule has 1 aromatic carbocycles. The maximum atomic E-state index is 12.6. The van der Waals surface area contributed by atoms with Gasteiger partial charge in [0.15, 0.2) is 6.23 Å². The summed E-state index contributed by atoms with van der Waals surface area (Å²) in [5.74, 6) is -0.574. The Morgan fingerprint density at radius 1 is 1.30 bits per heavy atom. The number of nitrogens with zero attached hydrogens (tertiary/aromatic N) is 1. The molecule has 1 atom stereocenters. The van der Waals surface area contributed by atoms with Crippen molar-refractivity contribution >= 4 is 43.7 Å². The molecule has 2 amide bonds. The SMILES string of the molecule is COC1N(C(C(=O)NCc2ccccc2)=C(C)C)C(=O)C1(Br)Br. The van der Waals surface area contributed by atoms with E-state index in [4.69, 9.17) is 4.74 Å². The summed E-state index contributed by atoms with van der Waals surface area (Å²) >= 11 is 6.57. The zero-order valence-electron chi connectivity index (χ0n) is 13.1. The summed E-state index contributed by atoms with van der Waals surface area (Å²) in [6, 6.07) is 9.59. The number of rotatable bonds is 5. The van der Waals surface area contributed by atoms with E-state index >= 15 is 0 Å².